The fourth-order valence-electron chi connectivity index (χ4n) is 4.42. The van der Waals surface area contributed by atoms with Gasteiger partial charge in [0.2, 0.25) is 5.91 Å². The topological polar surface area (TPSA) is 106 Å². The predicted octanol–water partition coefficient (Wildman–Crippen LogP) is 3.65. The number of hydrogen-bond donors (Lipinski definition) is 2. The second kappa shape index (κ2) is 12.5. The normalized spacial score (nSPS) is 16.2. The zero-order valence-corrected chi connectivity index (χ0v) is 21.7. The molecule has 1 saturated heterocycles. The summed E-state index contributed by atoms with van der Waals surface area (Å²) < 4.78 is 10.6. The van der Waals surface area contributed by atoms with Crippen molar-refractivity contribution in [1.29, 1.82) is 0 Å². The third-order valence-corrected chi connectivity index (χ3v) is 6.49. The highest BCUT2D eigenvalue weighted by Crippen LogP contribution is 2.34. The second-order valence-electron chi connectivity index (χ2n) is 9.24. The van der Waals surface area contributed by atoms with E-state index in [0.29, 0.717) is 31.3 Å². The Bertz CT molecular complexity index is 1170. The van der Waals surface area contributed by atoms with Crippen molar-refractivity contribution in [3.05, 3.63) is 65.8 Å². The van der Waals surface area contributed by atoms with E-state index < -0.39 is 0 Å². The van der Waals surface area contributed by atoms with E-state index in [9.17, 15) is 4.79 Å². The van der Waals surface area contributed by atoms with Crippen LogP contribution in [0, 0.1) is 0 Å². The molecule has 2 aliphatic heterocycles. The summed E-state index contributed by atoms with van der Waals surface area (Å²) >= 11 is 0. The van der Waals surface area contributed by atoms with Crippen LogP contribution < -0.4 is 20.7 Å². The number of likely N-dealkylation sites (tertiary alicyclic amines) is 1. The number of nitrogens with two attached hydrogens (primary N) is 1. The van der Waals surface area contributed by atoms with Crippen molar-refractivity contribution in [3.63, 3.8) is 0 Å². The van der Waals surface area contributed by atoms with Gasteiger partial charge >= 0.3 is 6.01 Å². The molecule has 9 nitrogen and oxygen atoms in total. The number of benzene rings is 1. The van der Waals surface area contributed by atoms with Gasteiger partial charge in [0.05, 0.1) is 13.2 Å². The summed E-state index contributed by atoms with van der Waals surface area (Å²) in [6, 6.07) is 8.77. The molecule has 0 spiro atoms. The van der Waals surface area contributed by atoms with Crippen LogP contribution in [0.5, 0.6) is 6.01 Å². The summed E-state index contributed by atoms with van der Waals surface area (Å²) in [7, 11) is 1.59. The zero-order chi connectivity index (χ0) is 26.2. The van der Waals surface area contributed by atoms with Crippen molar-refractivity contribution in [2.24, 2.45) is 0 Å². The van der Waals surface area contributed by atoms with Crippen LogP contribution in [0.15, 0.2) is 54.6 Å². The van der Waals surface area contributed by atoms with Crippen LogP contribution >= 0.6 is 0 Å². The Morgan fingerprint density at radius 2 is 1.92 bits per heavy atom. The summed E-state index contributed by atoms with van der Waals surface area (Å²) in [6.07, 6.45) is 8.63. The fraction of sp³-hybridized carbons (Fsp3) is 0.393. The number of hydrogen-bond acceptors (Lipinski definition) is 8. The highest BCUT2D eigenvalue weighted by molar-refractivity contribution is 6.03. The van der Waals surface area contributed by atoms with Crippen molar-refractivity contribution >= 4 is 28.8 Å². The minimum atomic E-state index is -0.172. The first-order chi connectivity index (χ1) is 18.0. The largest absolute Gasteiger partial charge is 0.461 e. The molecule has 0 radical (unpaired) electrons. The number of carbonyl (C=O) groups is 1. The average molecular weight is 505 g/mol. The van der Waals surface area contributed by atoms with E-state index >= 15 is 0 Å². The molecular weight excluding hydrogens is 468 g/mol. The van der Waals surface area contributed by atoms with Gasteiger partial charge in [-0.1, -0.05) is 49.1 Å². The van der Waals surface area contributed by atoms with Crippen LogP contribution in [0.2, 0.25) is 0 Å². The smallest absolute Gasteiger partial charge is 0.320 e. The molecule has 3 N–H and O–H groups in total. The summed E-state index contributed by atoms with van der Waals surface area (Å²) in [4.78, 5) is 25.4. The molecule has 0 unspecified atom stereocenters. The molecule has 4 rings (SSSR count). The maximum Gasteiger partial charge on any atom is 0.320 e. The minimum absolute atomic E-state index is 0.144. The Hall–Kier alpha value is -3.69. The van der Waals surface area contributed by atoms with Crippen molar-refractivity contribution in [2.45, 2.75) is 26.3 Å². The summed E-state index contributed by atoms with van der Waals surface area (Å²) in [5, 5.41) is 2.78. The van der Waals surface area contributed by atoms with Crippen LogP contribution in [0.25, 0.3) is 5.57 Å². The fourth-order valence-corrected chi connectivity index (χ4v) is 4.42. The van der Waals surface area contributed by atoms with Crippen molar-refractivity contribution in [1.82, 2.24) is 14.9 Å². The van der Waals surface area contributed by atoms with Crippen LogP contribution in [0.4, 0.5) is 17.3 Å². The van der Waals surface area contributed by atoms with Crippen LogP contribution in [0.1, 0.15) is 30.9 Å². The number of carbonyl (C=O) groups excluding carboxylic acids is 1. The SMILES string of the molecule is C=C(/C=C\C(=C/C)CN1CC(=O)Nc2c(N)nc(OCCOC)nc21)c1ccc(CN2CCCC2)cc1. The number of nitrogen functional groups attached to an aromatic ring is 1. The van der Waals surface area contributed by atoms with Crippen molar-refractivity contribution < 1.29 is 14.3 Å². The predicted molar refractivity (Wildman–Crippen MR) is 148 cm³/mol. The highest BCUT2D eigenvalue weighted by Gasteiger charge is 2.27. The lowest BCUT2D eigenvalue weighted by Crippen LogP contribution is -2.40. The molecule has 1 fully saturated rings. The Morgan fingerprint density at radius 3 is 2.62 bits per heavy atom. The third-order valence-electron chi connectivity index (χ3n) is 6.49. The number of amides is 1. The van der Waals surface area contributed by atoms with E-state index in [1.165, 1.54) is 31.5 Å². The number of aromatic nitrogens is 2. The lowest BCUT2D eigenvalue weighted by Gasteiger charge is -2.30. The molecule has 2 aliphatic rings. The monoisotopic (exact) mass is 504 g/mol. The van der Waals surface area contributed by atoms with E-state index in [-0.39, 0.29) is 24.3 Å². The van der Waals surface area contributed by atoms with Gasteiger partial charge in [-0.05, 0) is 55.1 Å². The lowest BCUT2D eigenvalue weighted by molar-refractivity contribution is -0.115. The number of fused-ring (bicyclic) bond motifs is 1. The van der Waals surface area contributed by atoms with Crippen LogP contribution in [0.3, 0.4) is 0 Å². The van der Waals surface area contributed by atoms with E-state index in [1.54, 1.807) is 7.11 Å². The summed E-state index contributed by atoms with van der Waals surface area (Å²) in [5.41, 5.74) is 10.8. The van der Waals surface area contributed by atoms with Gasteiger partial charge in [-0.2, -0.15) is 9.97 Å². The molecule has 0 saturated carbocycles. The average Bonchev–Trinajstić information content (AvgIpc) is 3.40. The van der Waals surface area contributed by atoms with Gasteiger partial charge in [0.25, 0.3) is 0 Å². The third kappa shape index (κ3) is 6.96. The Kier molecular flexibility index (Phi) is 8.92. The number of ether oxygens (including phenoxy) is 2. The van der Waals surface area contributed by atoms with Crippen molar-refractivity contribution in [3.8, 4) is 6.01 Å². The molecule has 2 aromatic rings. The first kappa shape index (κ1) is 26.4. The number of allylic oxidation sites excluding steroid dienone is 3. The van der Waals surface area contributed by atoms with E-state index in [0.717, 1.165) is 23.3 Å². The zero-order valence-electron chi connectivity index (χ0n) is 21.7. The summed E-state index contributed by atoms with van der Waals surface area (Å²) in [6.45, 7) is 10.9. The Labute approximate surface area is 218 Å². The van der Waals surface area contributed by atoms with E-state index in [1.807, 2.05) is 30.1 Å². The molecule has 0 bridgehead atoms. The number of rotatable bonds is 11. The van der Waals surface area contributed by atoms with Gasteiger partial charge in [0.1, 0.15) is 12.3 Å². The maximum absolute atomic E-state index is 12.4. The summed E-state index contributed by atoms with van der Waals surface area (Å²) in [5.74, 6) is 0.517. The minimum Gasteiger partial charge on any atom is -0.461 e. The molecule has 196 valence electrons. The van der Waals surface area contributed by atoms with Gasteiger partial charge in [-0.3, -0.25) is 9.69 Å². The molecule has 9 heteroatoms. The van der Waals surface area contributed by atoms with Crippen molar-refractivity contribution in [2.75, 3.05) is 62.5 Å². The van der Waals surface area contributed by atoms with Gasteiger partial charge < -0.3 is 25.4 Å². The standard InChI is InChI=1S/C28H36N6O3/c1-4-21(8-7-20(2)23-11-9-22(10-12-23)17-33-13-5-6-14-33)18-34-19-24(35)30-25-26(29)31-28(32-27(25)34)37-16-15-36-3/h4,7-12H,2,5-6,13-19H2,1,3H3,(H,30,35)(H2,29,31,32)/b8-7-,21-4+. The molecule has 1 amide bonds. The molecular formula is C28H36N6O3. The van der Waals surface area contributed by atoms with Crippen LogP contribution in [-0.4, -0.2) is 67.3 Å². The van der Waals surface area contributed by atoms with Gasteiger partial charge in [0, 0.05) is 20.2 Å². The Morgan fingerprint density at radius 1 is 1.16 bits per heavy atom. The van der Waals surface area contributed by atoms with E-state index in [4.69, 9.17) is 15.2 Å². The first-order valence-electron chi connectivity index (χ1n) is 12.6. The lowest BCUT2D eigenvalue weighted by atomic mass is 10.0. The molecule has 3 heterocycles. The number of anilines is 3. The number of methoxy groups -OCH3 is 1. The van der Waals surface area contributed by atoms with E-state index in [2.05, 4.69) is 51.0 Å². The Balaban J connectivity index is 1.43. The molecule has 0 aliphatic carbocycles. The highest BCUT2D eigenvalue weighted by atomic mass is 16.5. The van der Waals surface area contributed by atoms with Gasteiger partial charge in [-0.15, -0.1) is 0 Å². The molecule has 0 atom stereocenters. The van der Waals surface area contributed by atoms with Gasteiger partial charge in [-0.25, -0.2) is 0 Å². The van der Waals surface area contributed by atoms with Crippen LogP contribution in [-0.2, 0) is 16.1 Å². The quantitative estimate of drug-likeness (QED) is 0.353. The first-order valence-corrected chi connectivity index (χ1v) is 12.6. The molecule has 37 heavy (non-hydrogen) atoms. The van der Waals surface area contributed by atoms with Gasteiger partial charge in [0.15, 0.2) is 11.6 Å². The molecule has 1 aromatic heterocycles. The number of nitrogens with one attached hydrogen (secondary N) is 1. The number of nitrogens with zero attached hydrogens (tertiary/aromatic N) is 4. The maximum atomic E-state index is 12.4. The second-order valence-corrected chi connectivity index (χ2v) is 9.24. The molecule has 1 aromatic carbocycles.